The van der Waals surface area contributed by atoms with Crippen LogP contribution < -0.4 is 0 Å². The molecular weight excluding hydrogens is 354 g/mol. The molecule has 2 heterocycles. The average Bonchev–Trinajstić information content (AvgIpc) is 3.35. The van der Waals surface area contributed by atoms with Crippen LogP contribution in [0.1, 0.15) is 55.9 Å². The van der Waals surface area contributed by atoms with Gasteiger partial charge in [0.05, 0.1) is 11.8 Å². The topological polar surface area (TPSA) is 70.8 Å². The SMILES string of the molecule is O=C(CCc1ccccc1)C1=C(O)C(=O)N(C2CCCCC2)C1c1ccco1. The van der Waals surface area contributed by atoms with E-state index in [0.717, 1.165) is 37.7 Å². The van der Waals surface area contributed by atoms with Crippen molar-refractivity contribution in [3.8, 4) is 0 Å². The van der Waals surface area contributed by atoms with Crippen LogP contribution in [-0.4, -0.2) is 27.7 Å². The lowest BCUT2D eigenvalue weighted by atomic mass is 9.91. The van der Waals surface area contributed by atoms with Crippen molar-refractivity contribution in [1.82, 2.24) is 4.90 Å². The van der Waals surface area contributed by atoms with Gasteiger partial charge in [0.25, 0.3) is 5.91 Å². The molecule has 0 spiro atoms. The molecule has 5 nitrogen and oxygen atoms in total. The Bertz CT molecular complexity index is 863. The predicted octanol–water partition coefficient (Wildman–Crippen LogP) is 4.51. The molecule has 28 heavy (non-hydrogen) atoms. The summed E-state index contributed by atoms with van der Waals surface area (Å²) < 4.78 is 5.59. The number of Topliss-reactive ketones (excluding diaryl/α,β-unsaturated/α-hetero) is 1. The smallest absolute Gasteiger partial charge is 0.290 e. The standard InChI is InChI=1S/C23H25NO4/c25-18(14-13-16-8-3-1-4-9-16)20-21(19-12-7-15-28-19)24(23(27)22(20)26)17-10-5-2-6-11-17/h1,3-4,7-9,12,15,17,21,26H,2,5-6,10-11,13-14H2. The Morgan fingerprint density at radius 3 is 2.50 bits per heavy atom. The number of hydrogen-bond donors (Lipinski definition) is 1. The van der Waals surface area contributed by atoms with Crippen molar-refractivity contribution < 1.29 is 19.1 Å². The molecule has 146 valence electrons. The van der Waals surface area contributed by atoms with Gasteiger partial charge in [-0.25, -0.2) is 0 Å². The fourth-order valence-corrected chi connectivity index (χ4v) is 4.41. The van der Waals surface area contributed by atoms with Crippen molar-refractivity contribution in [1.29, 1.82) is 0 Å². The van der Waals surface area contributed by atoms with Crippen LogP contribution in [0.15, 0.2) is 64.5 Å². The highest BCUT2D eigenvalue weighted by Gasteiger charge is 2.47. The summed E-state index contributed by atoms with van der Waals surface area (Å²) in [6, 6.07) is 12.7. The van der Waals surface area contributed by atoms with E-state index in [1.54, 1.807) is 23.3 Å². The highest BCUT2D eigenvalue weighted by Crippen LogP contribution is 2.42. The third-order valence-electron chi connectivity index (χ3n) is 5.81. The van der Waals surface area contributed by atoms with E-state index in [9.17, 15) is 14.7 Å². The van der Waals surface area contributed by atoms with Gasteiger partial charge >= 0.3 is 0 Å². The van der Waals surface area contributed by atoms with Gasteiger partial charge in [0.2, 0.25) is 0 Å². The molecule has 0 radical (unpaired) electrons. The second kappa shape index (κ2) is 8.05. The van der Waals surface area contributed by atoms with Gasteiger partial charge in [0.15, 0.2) is 11.5 Å². The van der Waals surface area contributed by atoms with Gasteiger partial charge in [-0.05, 0) is 37.0 Å². The number of carbonyl (C=O) groups excluding carboxylic acids is 2. The largest absolute Gasteiger partial charge is 0.503 e. The van der Waals surface area contributed by atoms with Crippen LogP contribution in [0.5, 0.6) is 0 Å². The number of amides is 1. The van der Waals surface area contributed by atoms with Gasteiger partial charge in [-0.1, -0.05) is 49.6 Å². The van der Waals surface area contributed by atoms with Crippen molar-refractivity contribution in [3.63, 3.8) is 0 Å². The molecule has 2 aliphatic rings. The monoisotopic (exact) mass is 379 g/mol. The molecule has 1 fully saturated rings. The molecule has 1 unspecified atom stereocenters. The Hall–Kier alpha value is -2.82. The van der Waals surface area contributed by atoms with Crippen molar-refractivity contribution in [2.75, 3.05) is 0 Å². The number of ketones is 1. The van der Waals surface area contributed by atoms with Crippen molar-refractivity contribution in [2.24, 2.45) is 0 Å². The molecule has 2 aromatic rings. The fraction of sp³-hybridized carbons (Fsp3) is 0.391. The number of benzene rings is 1. The maximum Gasteiger partial charge on any atom is 0.290 e. The lowest BCUT2D eigenvalue weighted by molar-refractivity contribution is -0.132. The van der Waals surface area contributed by atoms with Crippen molar-refractivity contribution >= 4 is 11.7 Å². The molecular formula is C23H25NO4. The zero-order valence-corrected chi connectivity index (χ0v) is 15.8. The van der Waals surface area contributed by atoms with Crippen LogP contribution in [0.2, 0.25) is 0 Å². The van der Waals surface area contributed by atoms with E-state index in [0.29, 0.717) is 12.2 Å². The number of aliphatic hydroxyl groups is 1. The zero-order chi connectivity index (χ0) is 19.5. The summed E-state index contributed by atoms with van der Waals surface area (Å²) in [5.41, 5.74) is 1.24. The summed E-state index contributed by atoms with van der Waals surface area (Å²) in [5, 5.41) is 10.6. The van der Waals surface area contributed by atoms with Crippen LogP contribution in [0.25, 0.3) is 0 Å². The molecule has 0 saturated heterocycles. The normalized spacial score (nSPS) is 20.8. The Morgan fingerprint density at radius 1 is 1.07 bits per heavy atom. The molecule has 1 aromatic carbocycles. The molecule has 0 bridgehead atoms. The second-order valence-corrected chi connectivity index (χ2v) is 7.59. The van der Waals surface area contributed by atoms with E-state index >= 15 is 0 Å². The summed E-state index contributed by atoms with van der Waals surface area (Å²) in [7, 11) is 0. The molecule has 1 amide bonds. The fourth-order valence-electron chi connectivity index (χ4n) is 4.41. The maximum absolute atomic E-state index is 13.1. The number of nitrogens with zero attached hydrogens (tertiary/aromatic N) is 1. The first kappa shape index (κ1) is 18.5. The third kappa shape index (κ3) is 3.49. The number of furan rings is 1. The van der Waals surface area contributed by atoms with Gasteiger partial charge in [-0.15, -0.1) is 0 Å². The number of aryl methyl sites for hydroxylation is 1. The summed E-state index contributed by atoms with van der Waals surface area (Å²) in [6.07, 6.45) is 7.40. The van der Waals surface area contributed by atoms with Crippen molar-refractivity contribution in [2.45, 2.75) is 57.0 Å². The minimum atomic E-state index is -0.631. The Labute approximate surface area is 164 Å². The first-order valence-corrected chi connectivity index (χ1v) is 10.0. The molecule has 4 rings (SSSR count). The summed E-state index contributed by atoms with van der Waals surface area (Å²) in [5.74, 6) is -0.526. The van der Waals surface area contributed by atoms with Gasteiger partial charge in [0.1, 0.15) is 11.8 Å². The van der Waals surface area contributed by atoms with Crippen LogP contribution >= 0.6 is 0 Å². The summed E-state index contributed by atoms with van der Waals surface area (Å²) in [6.45, 7) is 0. The van der Waals surface area contributed by atoms with Gasteiger partial charge in [-0.2, -0.15) is 0 Å². The van der Waals surface area contributed by atoms with Crippen LogP contribution in [0.3, 0.4) is 0 Å². The molecule has 1 atom stereocenters. The van der Waals surface area contributed by atoms with Gasteiger partial charge < -0.3 is 14.4 Å². The van der Waals surface area contributed by atoms with E-state index in [-0.39, 0.29) is 23.8 Å². The van der Waals surface area contributed by atoms with Crippen LogP contribution in [-0.2, 0) is 16.0 Å². The average molecular weight is 379 g/mol. The number of hydrogen-bond acceptors (Lipinski definition) is 4. The quantitative estimate of drug-likeness (QED) is 0.802. The minimum absolute atomic E-state index is 0.0259. The maximum atomic E-state index is 13.1. The first-order chi connectivity index (χ1) is 13.7. The number of rotatable bonds is 6. The van der Waals surface area contributed by atoms with E-state index in [2.05, 4.69) is 0 Å². The van der Waals surface area contributed by atoms with E-state index < -0.39 is 17.7 Å². The second-order valence-electron chi connectivity index (χ2n) is 7.59. The molecule has 1 aliphatic heterocycles. The molecule has 1 aliphatic carbocycles. The van der Waals surface area contributed by atoms with E-state index in [1.165, 1.54) is 0 Å². The highest BCUT2D eigenvalue weighted by atomic mass is 16.3. The van der Waals surface area contributed by atoms with Gasteiger partial charge in [-0.3, -0.25) is 9.59 Å². The van der Waals surface area contributed by atoms with Crippen molar-refractivity contribution in [3.05, 3.63) is 71.4 Å². The van der Waals surface area contributed by atoms with Crippen LogP contribution in [0.4, 0.5) is 0 Å². The first-order valence-electron chi connectivity index (χ1n) is 10.0. The summed E-state index contributed by atoms with van der Waals surface area (Å²) >= 11 is 0. The number of carbonyl (C=O) groups is 2. The molecule has 1 N–H and O–H groups in total. The molecule has 5 heteroatoms. The Balaban J connectivity index is 1.61. The lowest BCUT2D eigenvalue weighted by Gasteiger charge is -2.35. The van der Waals surface area contributed by atoms with Crippen LogP contribution in [0, 0.1) is 0 Å². The lowest BCUT2D eigenvalue weighted by Crippen LogP contribution is -2.41. The third-order valence-corrected chi connectivity index (χ3v) is 5.81. The summed E-state index contributed by atoms with van der Waals surface area (Å²) in [4.78, 5) is 27.7. The molecule has 1 aromatic heterocycles. The predicted molar refractivity (Wildman–Crippen MR) is 105 cm³/mol. The van der Waals surface area contributed by atoms with E-state index in [1.807, 2.05) is 30.3 Å². The number of aliphatic hydroxyl groups excluding tert-OH is 1. The Morgan fingerprint density at radius 2 is 1.82 bits per heavy atom. The zero-order valence-electron chi connectivity index (χ0n) is 15.8. The van der Waals surface area contributed by atoms with E-state index in [4.69, 9.17) is 4.42 Å². The minimum Gasteiger partial charge on any atom is -0.503 e. The molecule has 1 saturated carbocycles. The van der Waals surface area contributed by atoms with Gasteiger partial charge in [0, 0.05) is 12.5 Å². The Kier molecular flexibility index (Phi) is 5.33. The highest BCUT2D eigenvalue weighted by molar-refractivity contribution is 6.09.